The number of aryl methyl sites for hydroxylation is 1. The van der Waals surface area contributed by atoms with Crippen molar-refractivity contribution in [3.8, 4) is 0 Å². The lowest BCUT2D eigenvalue weighted by Crippen LogP contribution is -2.37. The number of amides is 2. The van der Waals surface area contributed by atoms with E-state index in [9.17, 15) is 9.59 Å². The molecular formula is C17H23N3O2. The van der Waals surface area contributed by atoms with Crippen molar-refractivity contribution in [1.29, 1.82) is 0 Å². The first kappa shape index (κ1) is 16.2. The van der Waals surface area contributed by atoms with Gasteiger partial charge >= 0.3 is 0 Å². The highest BCUT2D eigenvalue weighted by molar-refractivity contribution is 5.91. The first-order valence-electron chi connectivity index (χ1n) is 7.59. The Morgan fingerprint density at radius 2 is 2.05 bits per heavy atom. The van der Waals surface area contributed by atoms with E-state index in [4.69, 9.17) is 5.73 Å². The largest absolute Gasteiger partial charge is 0.369 e. The molecule has 2 rings (SSSR count). The first-order valence-corrected chi connectivity index (χ1v) is 7.59. The van der Waals surface area contributed by atoms with Crippen molar-refractivity contribution in [3.05, 3.63) is 41.5 Å². The molecule has 5 heteroatoms. The number of benzene rings is 1. The van der Waals surface area contributed by atoms with Crippen LogP contribution in [0.3, 0.4) is 0 Å². The molecule has 0 aromatic heterocycles. The van der Waals surface area contributed by atoms with Crippen LogP contribution in [0.15, 0.2) is 30.3 Å². The van der Waals surface area contributed by atoms with Crippen LogP contribution in [0, 0.1) is 6.92 Å². The molecule has 1 fully saturated rings. The van der Waals surface area contributed by atoms with E-state index < -0.39 is 0 Å². The molecule has 0 saturated carbocycles. The van der Waals surface area contributed by atoms with Gasteiger partial charge in [-0.2, -0.15) is 0 Å². The van der Waals surface area contributed by atoms with Gasteiger partial charge in [0.25, 0.3) is 0 Å². The van der Waals surface area contributed by atoms with Gasteiger partial charge in [0.1, 0.15) is 0 Å². The van der Waals surface area contributed by atoms with Gasteiger partial charge in [-0.05, 0) is 25.0 Å². The second-order valence-corrected chi connectivity index (χ2v) is 5.67. The Morgan fingerprint density at radius 1 is 1.23 bits per heavy atom. The van der Waals surface area contributed by atoms with Crippen molar-refractivity contribution in [2.24, 2.45) is 5.73 Å². The van der Waals surface area contributed by atoms with Gasteiger partial charge in [-0.1, -0.05) is 29.8 Å². The summed E-state index contributed by atoms with van der Waals surface area (Å²) in [6.07, 6.45) is 4.33. The van der Waals surface area contributed by atoms with Crippen LogP contribution in [0.5, 0.6) is 0 Å². The van der Waals surface area contributed by atoms with E-state index in [1.165, 1.54) is 5.56 Å². The molecule has 1 aliphatic rings. The van der Waals surface area contributed by atoms with Gasteiger partial charge in [0.15, 0.2) is 0 Å². The van der Waals surface area contributed by atoms with E-state index >= 15 is 0 Å². The molecule has 0 aliphatic carbocycles. The third-order valence-corrected chi connectivity index (χ3v) is 3.74. The molecule has 2 N–H and O–H groups in total. The predicted molar refractivity (Wildman–Crippen MR) is 87.0 cm³/mol. The Kier molecular flexibility index (Phi) is 5.72. The molecular weight excluding hydrogens is 278 g/mol. The molecule has 0 spiro atoms. The summed E-state index contributed by atoms with van der Waals surface area (Å²) < 4.78 is 0. The first-order chi connectivity index (χ1) is 10.5. The Labute approximate surface area is 131 Å². The normalized spacial score (nSPS) is 16.7. The van der Waals surface area contributed by atoms with Gasteiger partial charge < -0.3 is 10.6 Å². The SMILES string of the molecule is Cc1cccc(/C=C\C(=O)N2CCCN(CC(N)=O)CC2)c1. The van der Waals surface area contributed by atoms with Gasteiger partial charge in [0, 0.05) is 32.3 Å². The quantitative estimate of drug-likeness (QED) is 0.845. The summed E-state index contributed by atoms with van der Waals surface area (Å²) in [4.78, 5) is 27.1. The van der Waals surface area contributed by atoms with Crippen LogP contribution in [0.25, 0.3) is 6.08 Å². The number of carbonyl (C=O) groups is 2. The fraction of sp³-hybridized carbons (Fsp3) is 0.412. The maximum absolute atomic E-state index is 12.3. The second kappa shape index (κ2) is 7.75. The fourth-order valence-electron chi connectivity index (χ4n) is 2.62. The summed E-state index contributed by atoms with van der Waals surface area (Å²) in [5, 5.41) is 0. The van der Waals surface area contributed by atoms with Crippen molar-refractivity contribution < 1.29 is 9.59 Å². The van der Waals surface area contributed by atoms with Crippen molar-refractivity contribution in [2.45, 2.75) is 13.3 Å². The summed E-state index contributed by atoms with van der Waals surface area (Å²) >= 11 is 0. The highest BCUT2D eigenvalue weighted by Gasteiger charge is 2.18. The van der Waals surface area contributed by atoms with Gasteiger partial charge in [-0.15, -0.1) is 0 Å². The van der Waals surface area contributed by atoms with Crippen LogP contribution in [-0.4, -0.2) is 54.3 Å². The van der Waals surface area contributed by atoms with Crippen LogP contribution in [0.2, 0.25) is 0 Å². The molecule has 0 radical (unpaired) electrons. The Bertz CT molecular complexity index is 569. The second-order valence-electron chi connectivity index (χ2n) is 5.67. The van der Waals surface area contributed by atoms with Crippen LogP contribution >= 0.6 is 0 Å². The highest BCUT2D eigenvalue weighted by Crippen LogP contribution is 2.08. The van der Waals surface area contributed by atoms with E-state index in [0.29, 0.717) is 19.6 Å². The monoisotopic (exact) mass is 301 g/mol. The summed E-state index contributed by atoms with van der Waals surface area (Å²) in [6.45, 7) is 5.13. The lowest BCUT2D eigenvalue weighted by molar-refractivity contribution is -0.125. The topological polar surface area (TPSA) is 66.6 Å². The zero-order chi connectivity index (χ0) is 15.9. The molecule has 1 heterocycles. The zero-order valence-electron chi connectivity index (χ0n) is 13.0. The summed E-state index contributed by atoms with van der Waals surface area (Å²) in [5.74, 6) is -0.304. The molecule has 1 aromatic carbocycles. The molecule has 2 amide bonds. The Balaban J connectivity index is 1.91. The standard InChI is InChI=1S/C17H23N3O2/c1-14-4-2-5-15(12-14)6-7-17(22)20-9-3-8-19(10-11-20)13-16(18)21/h2,4-7,12H,3,8-11,13H2,1H3,(H2,18,21)/b7-6-. The number of nitrogens with zero attached hydrogens (tertiary/aromatic N) is 2. The lowest BCUT2D eigenvalue weighted by Gasteiger charge is -2.19. The van der Waals surface area contributed by atoms with E-state index in [1.54, 1.807) is 6.08 Å². The average molecular weight is 301 g/mol. The number of primary amides is 1. The maximum Gasteiger partial charge on any atom is 0.246 e. The minimum atomic E-state index is -0.320. The zero-order valence-corrected chi connectivity index (χ0v) is 13.0. The molecule has 0 bridgehead atoms. The molecule has 118 valence electrons. The van der Waals surface area contributed by atoms with E-state index in [-0.39, 0.29) is 18.4 Å². The minimum absolute atomic E-state index is 0.0161. The van der Waals surface area contributed by atoms with Gasteiger partial charge in [0.05, 0.1) is 6.54 Å². The summed E-state index contributed by atoms with van der Waals surface area (Å²) in [7, 11) is 0. The lowest BCUT2D eigenvalue weighted by atomic mass is 10.1. The molecule has 5 nitrogen and oxygen atoms in total. The number of hydrogen-bond acceptors (Lipinski definition) is 3. The van der Waals surface area contributed by atoms with Crippen LogP contribution < -0.4 is 5.73 Å². The van der Waals surface area contributed by atoms with E-state index in [0.717, 1.165) is 18.5 Å². The summed E-state index contributed by atoms with van der Waals surface area (Å²) in [5.41, 5.74) is 7.42. The minimum Gasteiger partial charge on any atom is -0.369 e. The Morgan fingerprint density at radius 3 is 2.77 bits per heavy atom. The highest BCUT2D eigenvalue weighted by atomic mass is 16.2. The van der Waals surface area contributed by atoms with Crippen molar-refractivity contribution in [1.82, 2.24) is 9.80 Å². The van der Waals surface area contributed by atoms with E-state index in [1.807, 2.05) is 47.1 Å². The van der Waals surface area contributed by atoms with Gasteiger partial charge in [-0.25, -0.2) is 0 Å². The number of hydrogen-bond donors (Lipinski definition) is 1. The van der Waals surface area contributed by atoms with Crippen LogP contribution in [0.4, 0.5) is 0 Å². The van der Waals surface area contributed by atoms with Crippen LogP contribution in [0.1, 0.15) is 17.5 Å². The summed E-state index contributed by atoms with van der Waals surface area (Å²) in [6, 6.07) is 8.03. The van der Waals surface area contributed by atoms with Crippen molar-refractivity contribution >= 4 is 17.9 Å². The number of nitrogens with two attached hydrogens (primary N) is 1. The third-order valence-electron chi connectivity index (χ3n) is 3.74. The van der Waals surface area contributed by atoms with E-state index in [2.05, 4.69) is 0 Å². The fourth-order valence-corrected chi connectivity index (χ4v) is 2.62. The van der Waals surface area contributed by atoms with Crippen LogP contribution in [-0.2, 0) is 9.59 Å². The Hall–Kier alpha value is -2.14. The maximum atomic E-state index is 12.3. The molecule has 1 aliphatic heterocycles. The van der Waals surface area contributed by atoms with Crippen molar-refractivity contribution in [3.63, 3.8) is 0 Å². The molecule has 1 saturated heterocycles. The molecule has 0 atom stereocenters. The average Bonchev–Trinajstić information content (AvgIpc) is 2.70. The number of rotatable bonds is 4. The molecule has 22 heavy (non-hydrogen) atoms. The number of carbonyl (C=O) groups excluding carboxylic acids is 2. The van der Waals surface area contributed by atoms with Gasteiger partial charge in [0.2, 0.25) is 11.8 Å². The molecule has 1 aromatic rings. The molecule has 0 unspecified atom stereocenters. The smallest absolute Gasteiger partial charge is 0.246 e. The van der Waals surface area contributed by atoms with Gasteiger partial charge in [-0.3, -0.25) is 14.5 Å². The third kappa shape index (κ3) is 5.00. The predicted octanol–water partition coefficient (Wildman–Crippen LogP) is 1.03. The van der Waals surface area contributed by atoms with Crippen molar-refractivity contribution in [2.75, 3.05) is 32.7 Å².